The summed E-state index contributed by atoms with van der Waals surface area (Å²) in [6.07, 6.45) is -1.01. The van der Waals surface area contributed by atoms with Gasteiger partial charge in [-0.3, -0.25) is 4.79 Å². The molecule has 2 aliphatic heterocycles. The molecule has 0 aliphatic carbocycles. The van der Waals surface area contributed by atoms with Gasteiger partial charge < -0.3 is 33.9 Å². The van der Waals surface area contributed by atoms with E-state index in [0.29, 0.717) is 23.7 Å². The van der Waals surface area contributed by atoms with E-state index in [4.69, 9.17) is 23.7 Å². The monoisotopic (exact) mass is 416 g/mol. The zero-order valence-electron chi connectivity index (χ0n) is 17.0. The van der Waals surface area contributed by atoms with Crippen molar-refractivity contribution in [3.05, 3.63) is 47.5 Å². The third-order valence-electron chi connectivity index (χ3n) is 5.74. The van der Waals surface area contributed by atoms with Gasteiger partial charge in [0.05, 0.1) is 39.5 Å². The van der Waals surface area contributed by atoms with Gasteiger partial charge in [-0.1, -0.05) is 12.1 Å². The normalized spacial score (nSPS) is 27.5. The number of phenolic OH excluding ortho intramolecular Hbond substituents is 2. The summed E-state index contributed by atoms with van der Waals surface area (Å²) in [6, 6.07) is 9.91. The Morgan fingerprint density at radius 1 is 1.00 bits per heavy atom. The molecular weight excluding hydrogens is 392 g/mol. The lowest BCUT2D eigenvalue weighted by molar-refractivity contribution is -0.167. The minimum absolute atomic E-state index is 0.00840. The van der Waals surface area contributed by atoms with E-state index in [1.54, 1.807) is 30.3 Å². The molecule has 8 heteroatoms. The summed E-state index contributed by atoms with van der Waals surface area (Å²) in [5.41, 5.74) is 0.459. The zero-order chi connectivity index (χ0) is 21.5. The van der Waals surface area contributed by atoms with Gasteiger partial charge in [-0.05, 0) is 35.4 Å². The highest BCUT2D eigenvalue weighted by Crippen LogP contribution is 2.56. The molecule has 0 radical (unpaired) electrons. The molecule has 0 bridgehead atoms. The Morgan fingerprint density at radius 2 is 1.60 bits per heavy atom. The number of esters is 1. The average molecular weight is 416 g/mol. The predicted molar refractivity (Wildman–Crippen MR) is 105 cm³/mol. The second-order valence-corrected chi connectivity index (χ2v) is 7.46. The lowest BCUT2D eigenvalue weighted by Gasteiger charge is -2.32. The highest BCUT2D eigenvalue weighted by atomic mass is 16.6. The van der Waals surface area contributed by atoms with Crippen LogP contribution in [-0.4, -0.2) is 49.2 Å². The molecular formula is C22H24O8. The van der Waals surface area contributed by atoms with Crippen LogP contribution in [0.25, 0.3) is 0 Å². The van der Waals surface area contributed by atoms with E-state index in [9.17, 15) is 15.0 Å². The second kappa shape index (κ2) is 7.70. The summed E-state index contributed by atoms with van der Waals surface area (Å²) in [6.45, 7) is 1.80. The number of aromatic hydroxyl groups is 2. The van der Waals surface area contributed by atoms with Gasteiger partial charge in [0, 0.05) is 6.92 Å². The fraction of sp³-hybridized carbons (Fsp3) is 0.409. The fourth-order valence-corrected chi connectivity index (χ4v) is 4.40. The molecule has 2 fully saturated rings. The number of rotatable bonds is 5. The van der Waals surface area contributed by atoms with E-state index in [2.05, 4.69) is 0 Å². The van der Waals surface area contributed by atoms with E-state index >= 15 is 0 Å². The molecule has 30 heavy (non-hydrogen) atoms. The number of benzene rings is 2. The van der Waals surface area contributed by atoms with Crippen molar-refractivity contribution >= 4 is 5.97 Å². The summed E-state index contributed by atoms with van der Waals surface area (Å²) < 4.78 is 28.5. The molecule has 0 spiro atoms. The van der Waals surface area contributed by atoms with Crippen LogP contribution < -0.4 is 9.47 Å². The van der Waals surface area contributed by atoms with Crippen LogP contribution >= 0.6 is 0 Å². The van der Waals surface area contributed by atoms with Crippen molar-refractivity contribution in [3.8, 4) is 23.0 Å². The molecule has 0 unspecified atom stereocenters. The average Bonchev–Trinajstić information content (AvgIpc) is 3.25. The van der Waals surface area contributed by atoms with Crippen LogP contribution in [0.3, 0.4) is 0 Å². The number of carbonyl (C=O) groups excluding carboxylic acids is 1. The van der Waals surface area contributed by atoms with E-state index in [1.165, 1.54) is 27.2 Å². The van der Waals surface area contributed by atoms with Crippen molar-refractivity contribution in [3.63, 3.8) is 0 Å². The van der Waals surface area contributed by atoms with Crippen molar-refractivity contribution in [2.24, 2.45) is 5.92 Å². The molecule has 0 aromatic heterocycles. The number of carbonyl (C=O) groups is 1. The Bertz CT molecular complexity index is 958. The summed E-state index contributed by atoms with van der Waals surface area (Å²) >= 11 is 0. The van der Waals surface area contributed by atoms with E-state index in [0.717, 1.165) is 5.56 Å². The largest absolute Gasteiger partial charge is 0.504 e. The van der Waals surface area contributed by atoms with E-state index < -0.39 is 23.8 Å². The van der Waals surface area contributed by atoms with E-state index in [-0.39, 0.29) is 24.0 Å². The molecule has 0 amide bonds. The van der Waals surface area contributed by atoms with Gasteiger partial charge in [-0.25, -0.2) is 0 Å². The van der Waals surface area contributed by atoms with E-state index in [1.807, 2.05) is 0 Å². The van der Waals surface area contributed by atoms with Gasteiger partial charge >= 0.3 is 5.97 Å². The summed E-state index contributed by atoms with van der Waals surface area (Å²) in [5, 5.41) is 19.8. The number of phenols is 2. The minimum Gasteiger partial charge on any atom is -0.504 e. The first kappa shape index (κ1) is 20.3. The SMILES string of the molecule is COc1cc([C@@H]2OC[C@@]3(OC(C)=O)[C@H](c4ccc(O)c(OC)c4)OC[C@@H]23)ccc1O. The maximum absolute atomic E-state index is 12.0. The van der Waals surface area contributed by atoms with Gasteiger partial charge in [-0.2, -0.15) is 0 Å². The van der Waals surface area contributed by atoms with Crippen molar-refractivity contribution in [1.29, 1.82) is 0 Å². The fourth-order valence-electron chi connectivity index (χ4n) is 4.40. The molecule has 2 aromatic rings. The second-order valence-electron chi connectivity index (χ2n) is 7.46. The maximum atomic E-state index is 12.0. The molecule has 2 N–H and O–H groups in total. The lowest BCUT2D eigenvalue weighted by atomic mass is 9.80. The Hall–Kier alpha value is -2.97. The van der Waals surface area contributed by atoms with Crippen LogP contribution in [0, 0.1) is 5.92 Å². The third-order valence-corrected chi connectivity index (χ3v) is 5.74. The van der Waals surface area contributed by atoms with Crippen LogP contribution in [0.1, 0.15) is 30.3 Å². The lowest BCUT2D eigenvalue weighted by Crippen LogP contribution is -2.43. The van der Waals surface area contributed by atoms with Crippen LogP contribution in [0.15, 0.2) is 36.4 Å². The molecule has 8 nitrogen and oxygen atoms in total. The molecule has 2 aliphatic rings. The quantitative estimate of drug-likeness (QED) is 0.717. The van der Waals surface area contributed by atoms with Gasteiger partial charge in [0.1, 0.15) is 6.10 Å². The molecule has 0 saturated carbocycles. The summed E-state index contributed by atoms with van der Waals surface area (Å²) in [7, 11) is 2.94. The maximum Gasteiger partial charge on any atom is 0.303 e. The Morgan fingerprint density at radius 3 is 2.20 bits per heavy atom. The third kappa shape index (κ3) is 3.22. The van der Waals surface area contributed by atoms with Gasteiger partial charge in [-0.15, -0.1) is 0 Å². The van der Waals surface area contributed by atoms with Crippen molar-refractivity contribution in [2.45, 2.75) is 24.7 Å². The highest BCUT2D eigenvalue weighted by Gasteiger charge is 2.62. The van der Waals surface area contributed by atoms with Crippen molar-refractivity contribution in [2.75, 3.05) is 27.4 Å². The topological polar surface area (TPSA) is 104 Å². The van der Waals surface area contributed by atoms with Crippen LogP contribution in [0.2, 0.25) is 0 Å². The van der Waals surface area contributed by atoms with Gasteiger partial charge in [0.2, 0.25) is 0 Å². The van der Waals surface area contributed by atoms with Gasteiger partial charge in [0.25, 0.3) is 0 Å². The number of ether oxygens (including phenoxy) is 5. The van der Waals surface area contributed by atoms with Crippen molar-refractivity contribution < 1.29 is 38.7 Å². The standard InChI is InChI=1S/C22H24O8/c1-12(23)30-22-11-29-20(13-4-6-16(24)18(8-13)26-2)15(22)10-28-21(22)14-5-7-17(25)19(9-14)27-3/h4-9,15,20-21,24-25H,10-11H2,1-3H3/t15-,20-,21-,22-/m0/s1. The first-order chi connectivity index (χ1) is 14.4. The molecule has 2 aromatic carbocycles. The molecule has 2 heterocycles. The van der Waals surface area contributed by atoms with Crippen LogP contribution in [-0.2, 0) is 19.0 Å². The number of methoxy groups -OCH3 is 2. The molecule has 4 atom stereocenters. The zero-order valence-corrected chi connectivity index (χ0v) is 17.0. The Labute approximate surface area is 173 Å². The number of fused-ring (bicyclic) bond motifs is 1. The molecule has 4 rings (SSSR count). The Balaban J connectivity index is 1.73. The molecule has 160 valence electrons. The summed E-state index contributed by atoms with van der Waals surface area (Å²) in [4.78, 5) is 12.0. The first-order valence-electron chi connectivity index (χ1n) is 9.56. The molecule has 2 saturated heterocycles. The minimum atomic E-state index is -1.04. The first-order valence-corrected chi connectivity index (χ1v) is 9.56. The predicted octanol–water partition coefficient (Wildman–Crippen LogP) is 2.88. The van der Waals surface area contributed by atoms with Crippen molar-refractivity contribution in [1.82, 2.24) is 0 Å². The smallest absolute Gasteiger partial charge is 0.303 e. The van der Waals surface area contributed by atoms with Gasteiger partial charge in [0.15, 0.2) is 28.6 Å². The highest BCUT2D eigenvalue weighted by molar-refractivity contribution is 5.67. The number of hydrogen-bond donors (Lipinski definition) is 2. The summed E-state index contributed by atoms with van der Waals surface area (Å²) in [5.74, 6) is -0.0402. The van der Waals surface area contributed by atoms with Crippen LogP contribution in [0.4, 0.5) is 0 Å². The van der Waals surface area contributed by atoms with Crippen LogP contribution in [0.5, 0.6) is 23.0 Å². The number of hydrogen-bond acceptors (Lipinski definition) is 8. The Kier molecular flexibility index (Phi) is 5.21.